The fraction of sp³-hybridized carbons (Fsp3) is 0.308. The van der Waals surface area contributed by atoms with E-state index in [1.807, 2.05) is 18.2 Å². The normalized spacial score (nSPS) is 10.8. The highest BCUT2D eigenvalue weighted by molar-refractivity contribution is 9.09. The van der Waals surface area contributed by atoms with E-state index >= 15 is 0 Å². The Morgan fingerprint density at radius 3 is 2.93 bits per heavy atom. The number of allylic oxidation sites excluding steroid dienone is 1. The number of hydrogen-bond acceptors (Lipinski definition) is 1. The van der Waals surface area contributed by atoms with Gasteiger partial charge in [-0.15, -0.1) is 0 Å². The van der Waals surface area contributed by atoms with Gasteiger partial charge in [0.15, 0.2) is 0 Å². The standard InChI is InChI=1S/C13H15BrO/c1-11(15)9-13-7-4-6-12(10-13)5-2-3-8-14/h2,4-7,10H,3,8-9H2,1H3. The summed E-state index contributed by atoms with van der Waals surface area (Å²) in [4.78, 5) is 11.0. The molecule has 0 unspecified atom stereocenters. The molecule has 1 nitrogen and oxygen atoms in total. The Kier molecular flexibility index (Phi) is 5.33. The minimum absolute atomic E-state index is 0.205. The van der Waals surface area contributed by atoms with Crippen LogP contribution >= 0.6 is 15.9 Å². The van der Waals surface area contributed by atoms with E-state index < -0.39 is 0 Å². The van der Waals surface area contributed by atoms with Crippen LogP contribution in [0.15, 0.2) is 30.3 Å². The number of hydrogen-bond donors (Lipinski definition) is 0. The van der Waals surface area contributed by atoms with Gasteiger partial charge in [0.1, 0.15) is 5.78 Å². The van der Waals surface area contributed by atoms with E-state index in [1.54, 1.807) is 6.92 Å². The molecule has 0 amide bonds. The van der Waals surface area contributed by atoms with Gasteiger partial charge in [-0.05, 0) is 24.5 Å². The van der Waals surface area contributed by atoms with Gasteiger partial charge in [0.25, 0.3) is 0 Å². The molecule has 1 aromatic rings. The van der Waals surface area contributed by atoms with Gasteiger partial charge in [-0.3, -0.25) is 4.79 Å². The van der Waals surface area contributed by atoms with Crippen LogP contribution in [-0.2, 0) is 11.2 Å². The topological polar surface area (TPSA) is 17.1 Å². The van der Waals surface area contributed by atoms with Crippen molar-refractivity contribution in [3.63, 3.8) is 0 Å². The Bertz CT molecular complexity index is 355. The molecule has 0 spiro atoms. The third-order valence-electron chi connectivity index (χ3n) is 1.99. The van der Waals surface area contributed by atoms with Crippen molar-refractivity contribution in [2.45, 2.75) is 19.8 Å². The van der Waals surface area contributed by atoms with Crippen molar-refractivity contribution < 1.29 is 4.79 Å². The lowest BCUT2D eigenvalue weighted by Crippen LogP contribution is -1.95. The van der Waals surface area contributed by atoms with Crippen LogP contribution in [0.1, 0.15) is 24.5 Å². The summed E-state index contributed by atoms with van der Waals surface area (Å²) < 4.78 is 0. The predicted octanol–water partition coefficient (Wildman–Crippen LogP) is 3.62. The molecular formula is C13H15BrO. The van der Waals surface area contributed by atoms with Crippen molar-refractivity contribution in [2.75, 3.05) is 5.33 Å². The smallest absolute Gasteiger partial charge is 0.134 e. The monoisotopic (exact) mass is 266 g/mol. The molecule has 0 fully saturated rings. The van der Waals surface area contributed by atoms with E-state index in [1.165, 1.54) is 0 Å². The minimum Gasteiger partial charge on any atom is -0.300 e. The number of carbonyl (C=O) groups excluding carboxylic acids is 1. The van der Waals surface area contributed by atoms with Crippen molar-refractivity contribution in [1.82, 2.24) is 0 Å². The lowest BCUT2D eigenvalue weighted by molar-refractivity contribution is -0.116. The van der Waals surface area contributed by atoms with Crippen molar-refractivity contribution in [3.05, 3.63) is 41.5 Å². The average Bonchev–Trinajstić information content (AvgIpc) is 2.18. The molecule has 2 heteroatoms. The highest BCUT2D eigenvalue weighted by Gasteiger charge is 1.97. The first-order valence-electron chi connectivity index (χ1n) is 5.03. The number of ketones is 1. The van der Waals surface area contributed by atoms with Gasteiger partial charge in [-0.25, -0.2) is 0 Å². The number of halogens is 1. The number of Topliss-reactive ketones (excluding diaryl/α,β-unsaturated/α-hetero) is 1. The maximum absolute atomic E-state index is 11.0. The molecule has 0 aromatic heterocycles. The molecule has 0 aliphatic carbocycles. The summed E-state index contributed by atoms with van der Waals surface area (Å²) in [6.07, 6.45) is 5.77. The fourth-order valence-corrected chi connectivity index (χ4v) is 1.64. The molecule has 0 radical (unpaired) electrons. The second-order valence-corrected chi connectivity index (χ2v) is 4.30. The molecular weight excluding hydrogens is 252 g/mol. The molecule has 0 bridgehead atoms. The van der Waals surface area contributed by atoms with Crippen LogP contribution in [-0.4, -0.2) is 11.1 Å². The summed E-state index contributed by atoms with van der Waals surface area (Å²) >= 11 is 3.37. The van der Waals surface area contributed by atoms with E-state index in [0.717, 1.165) is 22.9 Å². The zero-order valence-electron chi connectivity index (χ0n) is 8.87. The van der Waals surface area contributed by atoms with Crippen molar-refractivity contribution in [2.24, 2.45) is 0 Å². The minimum atomic E-state index is 0.205. The second-order valence-electron chi connectivity index (χ2n) is 3.50. The quantitative estimate of drug-likeness (QED) is 0.745. The lowest BCUT2D eigenvalue weighted by Gasteiger charge is -1.99. The third-order valence-corrected chi connectivity index (χ3v) is 2.45. The summed E-state index contributed by atoms with van der Waals surface area (Å²) in [7, 11) is 0. The van der Waals surface area contributed by atoms with E-state index in [-0.39, 0.29) is 5.78 Å². The average molecular weight is 267 g/mol. The van der Waals surface area contributed by atoms with E-state index in [9.17, 15) is 4.79 Å². The first-order chi connectivity index (χ1) is 7.22. The molecule has 1 aromatic carbocycles. The summed E-state index contributed by atoms with van der Waals surface area (Å²) in [6.45, 7) is 1.62. The van der Waals surface area contributed by atoms with Crippen molar-refractivity contribution >= 4 is 27.8 Å². The molecule has 0 aliphatic heterocycles. The van der Waals surface area contributed by atoms with Crippen LogP contribution < -0.4 is 0 Å². The third kappa shape index (κ3) is 4.93. The van der Waals surface area contributed by atoms with Gasteiger partial charge < -0.3 is 0 Å². The molecule has 0 aliphatic rings. The highest BCUT2D eigenvalue weighted by atomic mass is 79.9. The first kappa shape index (κ1) is 12.2. The highest BCUT2D eigenvalue weighted by Crippen LogP contribution is 2.08. The molecule has 1 rings (SSSR count). The van der Waals surface area contributed by atoms with Gasteiger partial charge in [-0.1, -0.05) is 52.3 Å². The Hall–Kier alpha value is -0.890. The van der Waals surface area contributed by atoms with E-state index in [4.69, 9.17) is 0 Å². The van der Waals surface area contributed by atoms with Gasteiger partial charge in [0.2, 0.25) is 0 Å². The summed E-state index contributed by atoms with van der Waals surface area (Å²) in [6, 6.07) is 8.09. The zero-order chi connectivity index (χ0) is 11.1. The molecule has 0 saturated carbocycles. The van der Waals surface area contributed by atoms with Gasteiger partial charge in [0.05, 0.1) is 0 Å². The van der Waals surface area contributed by atoms with Crippen molar-refractivity contribution in [3.8, 4) is 0 Å². The largest absolute Gasteiger partial charge is 0.300 e. The SMILES string of the molecule is CC(=O)Cc1cccc(C=CCCBr)c1. The van der Waals surface area contributed by atoms with Crippen LogP contribution in [0.25, 0.3) is 6.08 Å². The Morgan fingerprint density at radius 1 is 1.47 bits per heavy atom. The zero-order valence-corrected chi connectivity index (χ0v) is 10.5. The molecule has 15 heavy (non-hydrogen) atoms. The van der Waals surface area contributed by atoms with Crippen LogP contribution in [0.2, 0.25) is 0 Å². The first-order valence-corrected chi connectivity index (χ1v) is 6.15. The lowest BCUT2D eigenvalue weighted by atomic mass is 10.1. The maximum Gasteiger partial charge on any atom is 0.134 e. The Morgan fingerprint density at radius 2 is 2.27 bits per heavy atom. The summed E-state index contributed by atoms with van der Waals surface area (Å²) in [5.41, 5.74) is 2.25. The predicted molar refractivity (Wildman–Crippen MR) is 68.3 cm³/mol. The van der Waals surface area contributed by atoms with Crippen LogP contribution in [0.5, 0.6) is 0 Å². The fourth-order valence-electron chi connectivity index (χ4n) is 1.38. The number of carbonyl (C=O) groups is 1. The summed E-state index contributed by atoms with van der Waals surface area (Å²) in [5.74, 6) is 0.205. The number of alkyl halides is 1. The molecule has 0 heterocycles. The van der Waals surface area contributed by atoms with Crippen LogP contribution in [0, 0.1) is 0 Å². The number of rotatable bonds is 5. The van der Waals surface area contributed by atoms with E-state index in [2.05, 4.69) is 34.1 Å². The van der Waals surface area contributed by atoms with Crippen LogP contribution in [0.3, 0.4) is 0 Å². The summed E-state index contributed by atoms with van der Waals surface area (Å²) in [5, 5.41) is 0.983. The Labute approximate surface area is 99.3 Å². The van der Waals surface area contributed by atoms with Crippen LogP contribution in [0.4, 0.5) is 0 Å². The number of benzene rings is 1. The van der Waals surface area contributed by atoms with Gasteiger partial charge in [0, 0.05) is 11.8 Å². The van der Waals surface area contributed by atoms with E-state index in [0.29, 0.717) is 6.42 Å². The molecule has 0 saturated heterocycles. The molecule has 0 N–H and O–H groups in total. The van der Waals surface area contributed by atoms with Gasteiger partial charge in [-0.2, -0.15) is 0 Å². The second kappa shape index (κ2) is 6.57. The molecule has 80 valence electrons. The van der Waals surface area contributed by atoms with Gasteiger partial charge >= 0.3 is 0 Å². The maximum atomic E-state index is 11.0. The van der Waals surface area contributed by atoms with Crippen molar-refractivity contribution in [1.29, 1.82) is 0 Å². The molecule has 0 atom stereocenters. The Balaban J connectivity index is 2.69.